The van der Waals surface area contributed by atoms with Gasteiger partial charge in [0, 0.05) is 68.9 Å². The third kappa shape index (κ3) is 7.80. The lowest BCUT2D eigenvalue weighted by atomic mass is 10.0. The van der Waals surface area contributed by atoms with E-state index in [9.17, 15) is 18.0 Å². The number of nitrogens with one attached hydrogen (secondary N) is 3. The molecular formula is C32H39F3N8O3. The fourth-order valence-corrected chi connectivity index (χ4v) is 5.73. The summed E-state index contributed by atoms with van der Waals surface area (Å²) in [7, 11) is 5.07. The van der Waals surface area contributed by atoms with Crippen molar-refractivity contribution in [3.63, 3.8) is 0 Å². The molecule has 46 heavy (non-hydrogen) atoms. The molecule has 3 heterocycles. The standard InChI is InChI=1S/C32H39F3N8O3/c1-5-29(44)37-21-6-9-27(45-3)26(18-21)39-31-36-20-24(32(33,34)35)30(40-31)38-25-8-7-23(19-28(25)46-4)42-12-10-22(11-13-42)43-16-14-41(2)15-17-43/h5-9,18-20,22H,1,10-17H2,2-4H3,(H,37,44)(H2,36,38,39,40). The van der Waals surface area contributed by atoms with Crippen molar-refractivity contribution >= 4 is 40.4 Å². The van der Waals surface area contributed by atoms with Crippen molar-refractivity contribution in [2.75, 3.05) is 81.4 Å². The van der Waals surface area contributed by atoms with Crippen LogP contribution in [0.2, 0.25) is 0 Å². The lowest BCUT2D eigenvalue weighted by Crippen LogP contribution is -2.52. The number of aromatic nitrogens is 2. The predicted octanol–water partition coefficient (Wildman–Crippen LogP) is 5.34. The van der Waals surface area contributed by atoms with Crippen LogP contribution < -0.4 is 30.3 Å². The van der Waals surface area contributed by atoms with Gasteiger partial charge in [0.25, 0.3) is 0 Å². The first-order valence-electron chi connectivity index (χ1n) is 15.0. The zero-order valence-corrected chi connectivity index (χ0v) is 26.2. The molecule has 11 nitrogen and oxygen atoms in total. The first-order chi connectivity index (χ1) is 22.1. The molecule has 0 radical (unpaired) electrons. The number of amides is 1. The zero-order chi connectivity index (χ0) is 32.8. The van der Waals surface area contributed by atoms with Crippen LogP contribution in [0, 0.1) is 0 Å². The number of nitrogens with zero attached hydrogens (tertiary/aromatic N) is 5. The molecule has 2 fully saturated rings. The van der Waals surface area contributed by atoms with Gasteiger partial charge in [0.05, 0.1) is 25.6 Å². The van der Waals surface area contributed by atoms with Gasteiger partial charge in [-0.1, -0.05) is 6.58 Å². The molecule has 2 aliphatic heterocycles. The quantitative estimate of drug-likeness (QED) is 0.252. The van der Waals surface area contributed by atoms with E-state index in [2.05, 4.69) is 54.2 Å². The second-order valence-corrected chi connectivity index (χ2v) is 11.3. The minimum Gasteiger partial charge on any atom is -0.495 e. The van der Waals surface area contributed by atoms with Crippen LogP contribution in [0.25, 0.3) is 0 Å². The number of piperidine rings is 1. The van der Waals surface area contributed by atoms with Gasteiger partial charge < -0.3 is 35.2 Å². The highest BCUT2D eigenvalue weighted by molar-refractivity contribution is 5.99. The summed E-state index contributed by atoms with van der Waals surface area (Å²) in [6, 6.07) is 10.7. The maximum atomic E-state index is 14.1. The molecule has 0 spiro atoms. The van der Waals surface area contributed by atoms with Crippen molar-refractivity contribution in [1.82, 2.24) is 19.8 Å². The first-order valence-corrected chi connectivity index (χ1v) is 15.0. The first kappa shape index (κ1) is 32.8. The number of benzene rings is 2. The Bertz CT molecular complexity index is 1540. The van der Waals surface area contributed by atoms with Gasteiger partial charge in [0.1, 0.15) is 22.9 Å². The third-order valence-corrected chi connectivity index (χ3v) is 8.32. The van der Waals surface area contributed by atoms with Gasteiger partial charge in [-0.15, -0.1) is 0 Å². The maximum Gasteiger partial charge on any atom is 0.421 e. The molecule has 0 atom stereocenters. The second-order valence-electron chi connectivity index (χ2n) is 11.3. The monoisotopic (exact) mass is 640 g/mol. The van der Waals surface area contributed by atoms with E-state index in [0.717, 1.165) is 63.9 Å². The van der Waals surface area contributed by atoms with E-state index in [1.165, 1.54) is 14.2 Å². The Kier molecular flexibility index (Phi) is 10.2. The van der Waals surface area contributed by atoms with Gasteiger partial charge in [-0.2, -0.15) is 18.2 Å². The zero-order valence-electron chi connectivity index (χ0n) is 26.2. The van der Waals surface area contributed by atoms with Gasteiger partial charge in [-0.05, 0) is 56.3 Å². The Morgan fingerprint density at radius 1 is 0.957 bits per heavy atom. The predicted molar refractivity (Wildman–Crippen MR) is 173 cm³/mol. The number of hydrogen-bond acceptors (Lipinski definition) is 10. The van der Waals surface area contributed by atoms with Crippen LogP contribution in [0.15, 0.2) is 55.3 Å². The van der Waals surface area contributed by atoms with E-state index >= 15 is 0 Å². The third-order valence-electron chi connectivity index (χ3n) is 8.32. The summed E-state index contributed by atoms with van der Waals surface area (Å²) in [4.78, 5) is 27.1. The van der Waals surface area contributed by atoms with E-state index < -0.39 is 23.5 Å². The molecular weight excluding hydrogens is 601 g/mol. The average Bonchev–Trinajstić information content (AvgIpc) is 3.05. The van der Waals surface area contributed by atoms with E-state index in [1.807, 2.05) is 12.1 Å². The van der Waals surface area contributed by atoms with Crippen molar-refractivity contribution in [3.8, 4) is 11.5 Å². The highest BCUT2D eigenvalue weighted by atomic mass is 19.4. The molecule has 2 saturated heterocycles. The minimum atomic E-state index is -4.73. The van der Waals surface area contributed by atoms with Crippen molar-refractivity contribution in [2.24, 2.45) is 0 Å². The highest BCUT2D eigenvalue weighted by Gasteiger charge is 2.36. The molecule has 2 aliphatic rings. The van der Waals surface area contributed by atoms with Gasteiger partial charge in [0.15, 0.2) is 0 Å². The number of halogens is 3. The summed E-state index contributed by atoms with van der Waals surface area (Å²) in [6.45, 7) is 9.54. The number of ether oxygens (including phenoxy) is 2. The topological polar surface area (TPSA) is 107 Å². The number of methoxy groups -OCH3 is 2. The van der Waals surface area contributed by atoms with Crippen molar-refractivity contribution in [2.45, 2.75) is 25.1 Å². The van der Waals surface area contributed by atoms with E-state index in [0.29, 0.717) is 40.8 Å². The van der Waals surface area contributed by atoms with E-state index in [1.54, 1.807) is 24.3 Å². The fraction of sp³-hybridized carbons (Fsp3) is 0.406. The van der Waals surface area contributed by atoms with Crippen molar-refractivity contribution in [3.05, 3.63) is 60.8 Å². The largest absolute Gasteiger partial charge is 0.495 e. The van der Waals surface area contributed by atoms with Crippen LogP contribution >= 0.6 is 0 Å². The normalized spacial score (nSPS) is 16.5. The van der Waals surface area contributed by atoms with E-state index in [4.69, 9.17) is 9.47 Å². The summed E-state index contributed by atoms with van der Waals surface area (Å²) in [5, 5.41) is 8.34. The summed E-state index contributed by atoms with van der Waals surface area (Å²) in [6.07, 6.45) is -0.808. The van der Waals surface area contributed by atoms with Crippen LogP contribution in [-0.4, -0.2) is 92.3 Å². The molecule has 246 valence electrons. The molecule has 1 aromatic heterocycles. The Balaban J connectivity index is 1.35. The summed E-state index contributed by atoms with van der Waals surface area (Å²) < 4.78 is 53.2. The Morgan fingerprint density at radius 2 is 1.67 bits per heavy atom. The minimum absolute atomic E-state index is 0.125. The SMILES string of the molecule is C=CC(=O)Nc1ccc(OC)c(Nc2ncc(C(F)(F)F)c(Nc3ccc(N4CCC(N5CCN(C)CC5)CC4)cc3OC)n2)c1. The molecule has 3 aromatic rings. The van der Waals surface area contributed by atoms with Crippen molar-refractivity contribution in [1.29, 1.82) is 0 Å². The number of likely N-dealkylation sites (N-methyl/N-ethyl adjacent to an activating group) is 1. The molecule has 0 unspecified atom stereocenters. The molecule has 5 rings (SSSR count). The smallest absolute Gasteiger partial charge is 0.421 e. The lowest BCUT2D eigenvalue weighted by molar-refractivity contribution is -0.137. The summed E-state index contributed by atoms with van der Waals surface area (Å²) in [5.41, 5.74) is 0.950. The van der Waals surface area contributed by atoms with Gasteiger partial charge in [-0.3, -0.25) is 9.69 Å². The number of hydrogen-bond donors (Lipinski definition) is 3. The molecule has 1 amide bonds. The molecule has 0 saturated carbocycles. The molecule has 14 heteroatoms. The number of carbonyl (C=O) groups excluding carboxylic acids is 1. The number of piperazine rings is 1. The Labute approximate surface area is 266 Å². The molecule has 3 N–H and O–H groups in total. The highest BCUT2D eigenvalue weighted by Crippen LogP contribution is 2.39. The van der Waals surface area contributed by atoms with Crippen LogP contribution in [0.3, 0.4) is 0 Å². The lowest BCUT2D eigenvalue weighted by Gasteiger charge is -2.42. The van der Waals surface area contributed by atoms with Gasteiger partial charge in [-0.25, -0.2) is 4.98 Å². The van der Waals surface area contributed by atoms with Gasteiger partial charge >= 0.3 is 6.18 Å². The number of alkyl halides is 3. The van der Waals surface area contributed by atoms with Crippen LogP contribution in [0.5, 0.6) is 11.5 Å². The van der Waals surface area contributed by atoms with E-state index in [-0.39, 0.29) is 5.95 Å². The maximum absolute atomic E-state index is 14.1. The number of carbonyl (C=O) groups is 1. The van der Waals surface area contributed by atoms with Crippen LogP contribution in [0.4, 0.5) is 47.7 Å². The average molecular weight is 641 g/mol. The number of anilines is 6. The Hall–Kier alpha value is -4.56. The fourth-order valence-electron chi connectivity index (χ4n) is 5.73. The van der Waals surface area contributed by atoms with Crippen LogP contribution in [0.1, 0.15) is 18.4 Å². The molecule has 2 aromatic carbocycles. The summed E-state index contributed by atoms with van der Waals surface area (Å²) in [5.74, 6) is -0.269. The second kappa shape index (κ2) is 14.3. The number of rotatable bonds is 10. The molecule has 0 aliphatic carbocycles. The van der Waals surface area contributed by atoms with Gasteiger partial charge in [0.2, 0.25) is 11.9 Å². The van der Waals surface area contributed by atoms with Crippen LogP contribution in [-0.2, 0) is 11.0 Å². The molecule has 0 bridgehead atoms. The Morgan fingerprint density at radius 3 is 2.33 bits per heavy atom. The van der Waals surface area contributed by atoms with Crippen molar-refractivity contribution < 1.29 is 27.4 Å². The summed E-state index contributed by atoms with van der Waals surface area (Å²) >= 11 is 0.